The van der Waals surface area contributed by atoms with E-state index in [-0.39, 0.29) is 24.1 Å². The molecule has 0 aliphatic carbocycles. The van der Waals surface area contributed by atoms with Gasteiger partial charge in [0, 0.05) is 6.20 Å². The van der Waals surface area contributed by atoms with Crippen LogP contribution in [0.25, 0.3) is 11.1 Å². The van der Waals surface area contributed by atoms with Crippen molar-refractivity contribution in [1.29, 1.82) is 0 Å². The Morgan fingerprint density at radius 1 is 1.17 bits per heavy atom. The van der Waals surface area contributed by atoms with Crippen molar-refractivity contribution in [2.45, 2.75) is 39.0 Å². The highest BCUT2D eigenvalue weighted by atomic mass is 19.4. The standard InChI is InChI=1S/C20H24F3N3O3/c1-12(2)10-19(3,29-18(25)27)11-28-16-5-4-13(8-15(16)20(21,22)23)14-6-7-26-17(24)9-14/h4-9,12H,10-11H2,1-3H3,(H2,24,26)(H2,25,27). The number of hydrogen-bond donors (Lipinski definition) is 2. The van der Waals surface area contributed by atoms with Crippen molar-refractivity contribution in [3.8, 4) is 16.9 Å². The fraction of sp³-hybridized carbons (Fsp3) is 0.400. The van der Waals surface area contributed by atoms with E-state index >= 15 is 0 Å². The van der Waals surface area contributed by atoms with Gasteiger partial charge in [0.1, 0.15) is 23.8 Å². The van der Waals surface area contributed by atoms with Crippen LogP contribution in [0.5, 0.6) is 5.75 Å². The first kappa shape index (κ1) is 22.3. The fourth-order valence-corrected chi connectivity index (χ4v) is 3.15. The van der Waals surface area contributed by atoms with E-state index < -0.39 is 23.4 Å². The number of benzene rings is 1. The van der Waals surface area contributed by atoms with Gasteiger partial charge in [-0.1, -0.05) is 19.9 Å². The summed E-state index contributed by atoms with van der Waals surface area (Å²) in [6.45, 7) is 5.07. The summed E-state index contributed by atoms with van der Waals surface area (Å²) in [5.41, 5.74) is 9.42. The quantitative estimate of drug-likeness (QED) is 0.692. The zero-order valence-electron chi connectivity index (χ0n) is 16.4. The summed E-state index contributed by atoms with van der Waals surface area (Å²) in [4.78, 5) is 15.0. The van der Waals surface area contributed by atoms with Crippen LogP contribution in [0.3, 0.4) is 0 Å². The Kier molecular flexibility index (Phi) is 6.61. The van der Waals surface area contributed by atoms with Crippen LogP contribution in [0.1, 0.15) is 32.8 Å². The van der Waals surface area contributed by atoms with E-state index in [2.05, 4.69) is 4.98 Å². The summed E-state index contributed by atoms with van der Waals surface area (Å²) in [7, 11) is 0. The van der Waals surface area contributed by atoms with E-state index in [1.165, 1.54) is 24.4 Å². The number of aromatic nitrogens is 1. The number of nitrogens with zero attached hydrogens (tertiary/aromatic N) is 1. The molecule has 0 saturated carbocycles. The Bertz CT molecular complexity index is 872. The molecule has 9 heteroatoms. The fourth-order valence-electron chi connectivity index (χ4n) is 3.15. The molecule has 2 aromatic rings. The first-order chi connectivity index (χ1) is 13.4. The molecule has 0 aliphatic rings. The van der Waals surface area contributed by atoms with Gasteiger partial charge in [0.25, 0.3) is 0 Å². The van der Waals surface area contributed by atoms with E-state index in [9.17, 15) is 18.0 Å². The smallest absolute Gasteiger partial charge is 0.419 e. The molecule has 2 rings (SSSR count). The monoisotopic (exact) mass is 411 g/mol. The van der Waals surface area contributed by atoms with E-state index in [1.807, 2.05) is 13.8 Å². The lowest BCUT2D eigenvalue weighted by Crippen LogP contribution is -2.41. The topological polar surface area (TPSA) is 100 Å². The van der Waals surface area contributed by atoms with E-state index in [0.717, 1.165) is 6.07 Å². The molecule has 0 spiro atoms. The number of primary amides is 1. The highest BCUT2D eigenvalue weighted by Crippen LogP contribution is 2.39. The third kappa shape index (κ3) is 6.27. The number of amides is 1. The molecule has 29 heavy (non-hydrogen) atoms. The molecule has 1 unspecified atom stereocenters. The van der Waals surface area contributed by atoms with Crippen LogP contribution >= 0.6 is 0 Å². The van der Waals surface area contributed by atoms with Gasteiger partial charge in [0.05, 0.1) is 5.56 Å². The largest absolute Gasteiger partial charge is 0.489 e. The van der Waals surface area contributed by atoms with Crippen molar-refractivity contribution >= 4 is 11.9 Å². The highest BCUT2D eigenvalue weighted by Gasteiger charge is 2.36. The number of carbonyl (C=O) groups is 1. The van der Waals surface area contributed by atoms with Crippen LogP contribution in [-0.4, -0.2) is 23.3 Å². The summed E-state index contributed by atoms with van der Waals surface area (Å²) in [5.74, 6) is -0.0691. The van der Waals surface area contributed by atoms with Crippen molar-refractivity contribution in [1.82, 2.24) is 4.98 Å². The molecule has 4 N–H and O–H groups in total. The summed E-state index contributed by atoms with van der Waals surface area (Å²) >= 11 is 0. The van der Waals surface area contributed by atoms with Crippen LogP contribution < -0.4 is 16.2 Å². The summed E-state index contributed by atoms with van der Waals surface area (Å²) < 4.78 is 51.5. The maximum atomic E-state index is 13.6. The zero-order chi connectivity index (χ0) is 21.8. The number of alkyl halides is 3. The molecule has 0 fully saturated rings. The van der Waals surface area contributed by atoms with Gasteiger partial charge in [0.2, 0.25) is 0 Å². The molecule has 6 nitrogen and oxygen atoms in total. The van der Waals surface area contributed by atoms with Crippen LogP contribution in [0.4, 0.5) is 23.8 Å². The number of halogens is 3. The van der Waals surface area contributed by atoms with Gasteiger partial charge in [-0.3, -0.25) is 0 Å². The predicted octanol–water partition coefficient (Wildman–Crippen LogP) is 4.63. The average molecular weight is 411 g/mol. The second kappa shape index (κ2) is 8.59. The molecular formula is C20H24F3N3O3. The second-order valence-electron chi connectivity index (χ2n) is 7.44. The molecule has 1 amide bonds. The van der Waals surface area contributed by atoms with Gasteiger partial charge in [-0.25, -0.2) is 9.78 Å². The van der Waals surface area contributed by atoms with E-state index in [1.54, 1.807) is 13.0 Å². The lowest BCUT2D eigenvalue weighted by Gasteiger charge is -2.30. The molecule has 0 radical (unpaired) electrons. The number of nitrogen functional groups attached to an aromatic ring is 1. The molecular weight excluding hydrogens is 387 g/mol. The minimum absolute atomic E-state index is 0.101. The summed E-state index contributed by atoms with van der Waals surface area (Å²) in [6.07, 6.45) is -3.88. The Morgan fingerprint density at radius 2 is 1.83 bits per heavy atom. The first-order valence-corrected chi connectivity index (χ1v) is 8.94. The molecule has 1 aromatic carbocycles. The summed E-state index contributed by atoms with van der Waals surface area (Å²) in [6, 6.07) is 6.75. The minimum atomic E-state index is -4.65. The van der Waals surface area contributed by atoms with Gasteiger partial charge >= 0.3 is 12.3 Å². The maximum absolute atomic E-state index is 13.6. The van der Waals surface area contributed by atoms with Crippen LogP contribution in [0, 0.1) is 5.92 Å². The SMILES string of the molecule is CC(C)CC(C)(COc1ccc(-c2ccnc(N)c2)cc1C(F)(F)F)OC(N)=O. The number of anilines is 1. The Labute approximate surface area is 167 Å². The molecule has 0 bridgehead atoms. The number of hydrogen-bond acceptors (Lipinski definition) is 5. The average Bonchev–Trinajstić information content (AvgIpc) is 2.57. The number of pyridine rings is 1. The predicted molar refractivity (Wildman–Crippen MR) is 103 cm³/mol. The second-order valence-corrected chi connectivity index (χ2v) is 7.44. The normalized spacial score (nSPS) is 13.8. The number of carbonyl (C=O) groups excluding carboxylic acids is 1. The van der Waals surface area contributed by atoms with Crippen molar-refractivity contribution in [2.24, 2.45) is 11.7 Å². The Hall–Kier alpha value is -2.97. The molecule has 1 atom stereocenters. The van der Waals surface area contributed by atoms with Crippen LogP contribution in [-0.2, 0) is 10.9 Å². The Morgan fingerprint density at radius 3 is 2.38 bits per heavy atom. The molecule has 158 valence electrons. The molecule has 0 aliphatic heterocycles. The first-order valence-electron chi connectivity index (χ1n) is 8.94. The maximum Gasteiger partial charge on any atom is 0.419 e. The number of nitrogens with two attached hydrogens (primary N) is 2. The molecule has 1 heterocycles. The van der Waals surface area contributed by atoms with Crippen LogP contribution in [0.2, 0.25) is 0 Å². The van der Waals surface area contributed by atoms with Crippen LogP contribution in [0.15, 0.2) is 36.5 Å². The van der Waals surface area contributed by atoms with Gasteiger partial charge in [-0.2, -0.15) is 13.2 Å². The van der Waals surface area contributed by atoms with Crippen molar-refractivity contribution < 1.29 is 27.4 Å². The lowest BCUT2D eigenvalue weighted by atomic mass is 9.95. The van der Waals surface area contributed by atoms with Crippen molar-refractivity contribution in [2.75, 3.05) is 12.3 Å². The highest BCUT2D eigenvalue weighted by molar-refractivity contribution is 5.68. The minimum Gasteiger partial charge on any atom is -0.489 e. The third-order valence-electron chi connectivity index (χ3n) is 4.12. The third-order valence-corrected chi connectivity index (χ3v) is 4.12. The zero-order valence-corrected chi connectivity index (χ0v) is 16.4. The van der Waals surface area contributed by atoms with Gasteiger partial charge in [0.15, 0.2) is 0 Å². The summed E-state index contributed by atoms with van der Waals surface area (Å²) in [5, 5.41) is 0. The van der Waals surface area contributed by atoms with Gasteiger partial charge in [-0.15, -0.1) is 0 Å². The van der Waals surface area contributed by atoms with Gasteiger partial charge in [-0.05, 0) is 54.7 Å². The number of ether oxygens (including phenoxy) is 2. The number of rotatable bonds is 7. The van der Waals surface area contributed by atoms with Gasteiger partial charge < -0.3 is 20.9 Å². The van der Waals surface area contributed by atoms with E-state index in [0.29, 0.717) is 17.5 Å². The molecule has 1 aromatic heterocycles. The van der Waals surface area contributed by atoms with Crippen molar-refractivity contribution in [3.05, 3.63) is 42.1 Å². The Balaban J connectivity index is 2.35. The lowest BCUT2D eigenvalue weighted by molar-refractivity contribution is -0.139. The molecule has 0 saturated heterocycles. The van der Waals surface area contributed by atoms with Crippen molar-refractivity contribution in [3.63, 3.8) is 0 Å². The van der Waals surface area contributed by atoms with E-state index in [4.69, 9.17) is 20.9 Å².